The first-order valence-electron chi connectivity index (χ1n) is 6.63. The highest BCUT2D eigenvalue weighted by Crippen LogP contribution is 2.18. The van der Waals surface area contributed by atoms with Crippen molar-refractivity contribution in [3.63, 3.8) is 0 Å². The molecule has 106 valence electrons. The van der Waals surface area contributed by atoms with Gasteiger partial charge in [-0.1, -0.05) is 29.8 Å². The third-order valence-electron chi connectivity index (χ3n) is 3.12. The Morgan fingerprint density at radius 3 is 2.70 bits per heavy atom. The van der Waals surface area contributed by atoms with Crippen molar-refractivity contribution in [2.24, 2.45) is 5.73 Å². The monoisotopic (exact) mass is 273 g/mol. The number of carbonyl (C=O) groups excluding carboxylic acids is 1. The molecule has 2 N–H and O–H groups in total. The van der Waals surface area contributed by atoms with E-state index in [0.717, 1.165) is 5.56 Å². The van der Waals surface area contributed by atoms with Gasteiger partial charge in [-0.25, -0.2) is 4.79 Å². The molecule has 5 nitrogen and oxygen atoms in total. The van der Waals surface area contributed by atoms with Gasteiger partial charge >= 0.3 is 5.97 Å². The van der Waals surface area contributed by atoms with Crippen LogP contribution in [0.5, 0.6) is 0 Å². The highest BCUT2D eigenvalue weighted by Gasteiger charge is 2.16. The SMILES string of the molecule is CCOC(=O)c1cnn(C(CN)c2ccc(C)cc2)c1. The first-order valence-corrected chi connectivity index (χ1v) is 6.63. The quantitative estimate of drug-likeness (QED) is 0.845. The Morgan fingerprint density at radius 1 is 1.40 bits per heavy atom. The summed E-state index contributed by atoms with van der Waals surface area (Å²) in [4.78, 5) is 11.6. The summed E-state index contributed by atoms with van der Waals surface area (Å²) in [6.07, 6.45) is 3.18. The van der Waals surface area contributed by atoms with E-state index in [1.807, 2.05) is 31.2 Å². The molecule has 20 heavy (non-hydrogen) atoms. The number of nitrogens with zero attached hydrogens (tertiary/aromatic N) is 2. The third kappa shape index (κ3) is 3.05. The summed E-state index contributed by atoms with van der Waals surface area (Å²) >= 11 is 0. The van der Waals surface area contributed by atoms with Gasteiger partial charge < -0.3 is 10.5 Å². The molecule has 1 atom stereocenters. The number of carbonyl (C=O) groups is 1. The minimum atomic E-state index is -0.363. The van der Waals surface area contributed by atoms with E-state index in [1.165, 1.54) is 11.8 Å². The van der Waals surface area contributed by atoms with Crippen LogP contribution in [0, 0.1) is 6.92 Å². The Morgan fingerprint density at radius 2 is 2.10 bits per heavy atom. The molecule has 2 aromatic rings. The number of aryl methyl sites for hydroxylation is 1. The number of esters is 1. The van der Waals surface area contributed by atoms with Gasteiger partial charge in [0.05, 0.1) is 24.4 Å². The van der Waals surface area contributed by atoms with Gasteiger partial charge in [0.25, 0.3) is 0 Å². The van der Waals surface area contributed by atoms with Crippen molar-refractivity contribution in [1.29, 1.82) is 0 Å². The first kappa shape index (κ1) is 14.3. The van der Waals surface area contributed by atoms with Gasteiger partial charge in [-0.3, -0.25) is 4.68 Å². The zero-order valence-electron chi connectivity index (χ0n) is 11.7. The fourth-order valence-electron chi connectivity index (χ4n) is 2.01. The molecule has 2 rings (SSSR count). The lowest BCUT2D eigenvalue weighted by atomic mass is 10.1. The van der Waals surface area contributed by atoms with Gasteiger partial charge in [-0.2, -0.15) is 5.10 Å². The molecule has 1 aromatic heterocycles. The Labute approximate surface area is 118 Å². The van der Waals surface area contributed by atoms with Crippen LogP contribution in [-0.2, 0) is 4.74 Å². The number of benzene rings is 1. The maximum Gasteiger partial charge on any atom is 0.341 e. The van der Waals surface area contributed by atoms with Crippen LogP contribution in [0.2, 0.25) is 0 Å². The molecular weight excluding hydrogens is 254 g/mol. The molecule has 1 aromatic carbocycles. The minimum absolute atomic E-state index is 0.0845. The number of ether oxygens (including phenoxy) is 1. The zero-order chi connectivity index (χ0) is 14.5. The smallest absolute Gasteiger partial charge is 0.341 e. The highest BCUT2D eigenvalue weighted by molar-refractivity contribution is 5.88. The van der Waals surface area contributed by atoms with E-state index < -0.39 is 0 Å². The fourth-order valence-corrected chi connectivity index (χ4v) is 2.01. The second-order valence-corrected chi connectivity index (χ2v) is 4.59. The minimum Gasteiger partial charge on any atom is -0.462 e. The molecule has 0 radical (unpaired) electrons. The van der Waals surface area contributed by atoms with Gasteiger partial charge in [-0.15, -0.1) is 0 Å². The van der Waals surface area contributed by atoms with E-state index in [9.17, 15) is 4.79 Å². The average molecular weight is 273 g/mol. The van der Waals surface area contributed by atoms with Crippen LogP contribution in [0.4, 0.5) is 0 Å². The summed E-state index contributed by atoms with van der Waals surface area (Å²) in [5.74, 6) is -0.363. The van der Waals surface area contributed by atoms with Crippen molar-refractivity contribution in [3.05, 3.63) is 53.3 Å². The predicted molar refractivity (Wildman–Crippen MR) is 76.6 cm³/mol. The Bertz CT molecular complexity index is 575. The zero-order valence-corrected chi connectivity index (χ0v) is 11.7. The number of hydrogen-bond acceptors (Lipinski definition) is 4. The van der Waals surface area contributed by atoms with Crippen molar-refractivity contribution in [2.75, 3.05) is 13.2 Å². The Balaban J connectivity index is 2.24. The van der Waals surface area contributed by atoms with E-state index in [0.29, 0.717) is 18.7 Å². The summed E-state index contributed by atoms with van der Waals surface area (Å²) in [5.41, 5.74) is 8.54. The molecule has 0 fully saturated rings. The Kier molecular flexibility index (Phi) is 4.53. The summed E-state index contributed by atoms with van der Waals surface area (Å²) in [6.45, 7) is 4.57. The molecule has 1 heterocycles. The molecule has 0 saturated heterocycles. The van der Waals surface area contributed by atoms with Crippen molar-refractivity contribution in [2.45, 2.75) is 19.9 Å². The molecule has 0 spiro atoms. The van der Waals surface area contributed by atoms with Crippen LogP contribution in [0.25, 0.3) is 0 Å². The molecule has 0 bridgehead atoms. The van der Waals surface area contributed by atoms with Gasteiger partial charge in [0.2, 0.25) is 0 Å². The largest absolute Gasteiger partial charge is 0.462 e. The topological polar surface area (TPSA) is 70.1 Å². The normalized spacial score (nSPS) is 12.2. The standard InChI is InChI=1S/C15H19N3O2/c1-3-20-15(19)13-9-17-18(10-13)14(8-16)12-6-4-11(2)5-7-12/h4-7,9-10,14H,3,8,16H2,1-2H3. The van der Waals surface area contributed by atoms with Gasteiger partial charge in [0.15, 0.2) is 0 Å². The lowest BCUT2D eigenvalue weighted by Crippen LogP contribution is -2.21. The predicted octanol–water partition coefficient (Wildman–Crippen LogP) is 1.92. The van der Waals surface area contributed by atoms with E-state index in [2.05, 4.69) is 5.10 Å². The number of hydrogen-bond donors (Lipinski definition) is 1. The molecule has 5 heteroatoms. The van der Waals surface area contributed by atoms with E-state index in [1.54, 1.807) is 17.8 Å². The van der Waals surface area contributed by atoms with Crippen molar-refractivity contribution in [1.82, 2.24) is 9.78 Å². The molecule has 0 amide bonds. The van der Waals surface area contributed by atoms with Crippen LogP contribution in [0.3, 0.4) is 0 Å². The molecule has 0 aliphatic rings. The number of aromatic nitrogens is 2. The van der Waals surface area contributed by atoms with Crippen molar-refractivity contribution in [3.8, 4) is 0 Å². The van der Waals surface area contributed by atoms with Gasteiger partial charge in [0.1, 0.15) is 0 Å². The highest BCUT2D eigenvalue weighted by atomic mass is 16.5. The van der Waals surface area contributed by atoms with E-state index in [4.69, 9.17) is 10.5 Å². The first-order chi connectivity index (χ1) is 9.65. The molecule has 0 aliphatic heterocycles. The van der Waals surface area contributed by atoms with E-state index >= 15 is 0 Å². The fraction of sp³-hybridized carbons (Fsp3) is 0.333. The maximum absolute atomic E-state index is 11.6. The number of rotatable bonds is 5. The van der Waals surface area contributed by atoms with Crippen LogP contribution >= 0.6 is 0 Å². The summed E-state index contributed by atoms with van der Waals surface area (Å²) in [5, 5.41) is 4.23. The molecular formula is C15H19N3O2. The van der Waals surface area contributed by atoms with Crippen LogP contribution < -0.4 is 5.73 Å². The van der Waals surface area contributed by atoms with Crippen LogP contribution in [0.1, 0.15) is 34.5 Å². The molecule has 0 saturated carbocycles. The summed E-state index contributed by atoms with van der Waals surface area (Å²) in [7, 11) is 0. The van der Waals surface area contributed by atoms with Gasteiger partial charge in [0, 0.05) is 12.7 Å². The van der Waals surface area contributed by atoms with Crippen LogP contribution in [0.15, 0.2) is 36.7 Å². The number of nitrogens with two attached hydrogens (primary N) is 1. The van der Waals surface area contributed by atoms with Crippen molar-refractivity contribution >= 4 is 5.97 Å². The second-order valence-electron chi connectivity index (χ2n) is 4.59. The second kappa shape index (κ2) is 6.34. The lowest BCUT2D eigenvalue weighted by Gasteiger charge is -2.16. The lowest BCUT2D eigenvalue weighted by molar-refractivity contribution is 0.0526. The van der Waals surface area contributed by atoms with Gasteiger partial charge in [-0.05, 0) is 19.4 Å². The van der Waals surface area contributed by atoms with Crippen molar-refractivity contribution < 1.29 is 9.53 Å². The summed E-state index contributed by atoms with van der Waals surface area (Å²) in [6, 6.07) is 8.04. The summed E-state index contributed by atoms with van der Waals surface area (Å²) < 4.78 is 6.66. The maximum atomic E-state index is 11.6. The third-order valence-corrected chi connectivity index (χ3v) is 3.12. The average Bonchev–Trinajstić information content (AvgIpc) is 2.92. The Hall–Kier alpha value is -2.14. The van der Waals surface area contributed by atoms with Crippen LogP contribution in [-0.4, -0.2) is 28.9 Å². The molecule has 1 unspecified atom stereocenters. The molecule has 0 aliphatic carbocycles. The van der Waals surface area contributed by atoms with E-state index in [-0.39, 0.29) is 12.0 Å².